The molecule has 32 heavy (non-hydrogen) atoms. The Morgan fingerprint density at radius 3 is 2.81 bits per heavy atom. The number of carbonyl (C=O) groups excluding carboxylic acids is 1. The summed E-state index contributed by atoms with van der Waals surface area (Å²) in [5, 5.41) is 4.41. The highest BCUT2D eigenvalue weighted by Gasteiger charge is 2.24. The van der Waals surface area contributed by atoms with Gasteiger partial charge in [-0.25, -0.2) is 19.3 Å². The highest BCUT2D eigenvalue weighted by molar-refractivity contribution is 5.80. The maximum atomic E-state index is 12.4. The lowest BCUT2D eigenvalue weighted by Crippen LogP contribution is -2.49. The summed E-state index contributed by atoms with van der Waals surface area (Å²) >= 11 is 0. The van der Waals surface area contributed by atoms with Crippen molar-refractivity contribution in [3.05, 3.63) is 61.0 Å². The summed E-state index contributed by atoms with van der Waals surface area (Å²) in [4.78, 5) is 25.4. The van der Waals surface area contributed by atoms with Crippen molar-refractivity contribution in [1.82, 2.24) is 24.5 Å². The Bertz CT molecular complexity index is 1200. The van der Waals surface area contributed by atoms with Crippen molar-refractivity contribution < 1.29 is 19.0 Å². The average Bonchev–Trinajstić information content (AvgIpc) is 3.28. The van der Waals surface area contributed by atoms with Crippen LogP contribution < -0.4 is 9.64 Å². The van der Waals surface area contributed by atoms with Crippen molar-refractivity contribution >= 4 is 17.6 Å². The number of hydrogen-bond acceptors (Lipinski definition) is 8. The van der Waals surface area contributed by atoms with Gasteiger partial charge < -0.3 is 24.0 Å². The number of ether oxygens (including phenoxy) is 3. The van der Waals surface area contributed by atoms with Gasteiger partial charge in [0.25, 0.3) is 0 Å². The number of allylic oxidation sites excluding steroid dienone is 1. The molecule has 0 unspecified atom stereocenters. The van der Waals surface area contributed by atoms with E-state index in [1.54, 1.807) is 41.1 Å². The standard InChI is InChI=1S/C22H22N6O4/c1-30-21-17(3-2-7-23-21)18-15-24-28-8-4-19(25-20(18)28)26-9-11-27(12-10-26)22(29)32-16-5-13-31-14-6-16/h2-8,13,15H,9-12,14H2,1H3. The Morgan fingerprint density at radius 2 is 2.03 bits per heavy atom. The van der Waals surface area contributed by atoms with E-state index < -0.39 is 0 Å². The van der Waals surface area contributed by atoms with Gasteiger partial charge in [-0.1, -0.05) is 0 Å². The number of aromatic nitrogens is 4. The largest absolute Gasteiger partial charge is 0.497 e. The first-order valence-electron chi connectivity index (χ1n) is 10.3. The van der Waals surface area contributed by atoms with Gasteiger partial charge in [-0.15, -0.1) is 0 Å². The minimum absolute atomic E-state index is 0.354. The zero-order chi connectivity index (χ0) is 21.9. The maximum absolute atomic E-state index is 12.4. The quantitative estimate of drug-likeness (QED) is 0.618. The van der Waals surface area contributed by atoms with Crippen LogP contribution in [0.5, 0.6) is 5.88 Å². The fourth-order valence-corrected chi connectivity index (χ4v) is 3.71. The summed E-state index contributed by atoms with van der Waals surface area (Å²) in [5.41, 5.74) is 2.39. The summed E-state index contributed by atoms with van der Waals surface area (Å²) in [6, 6.07) is 5.72. The Labute approximate surface area is 184 Å². The molecule has 0 N–H and O–H groups in total. The molecule has 0 spiro atoms. The lowest BCUT2D eigenvalue weighted by atomic mass is 10.1. The second-order valence-electron chi connectivity index (χ2n) is 7.26. The molecule has 0 aliphatic carbocycles. The van der Waals surface area contributed by atoms with E-state index in [0.717, 1.165) is 16.9 Å². The summed E-state index contributed by atoms with van der Waals surface area (Å²) < 4.78 is 17.6. The van der Waals surface area contributed by atoms with E-state index >= 15 is 0 Å². The number of fused-ring (bicyclic) bond motifs is 1. The number of carbonyl (C=O) groups is 1. The second kappa shape index (κ2) is 8.58. The lowest BCUT2D eigenvalue weighted by Gasteiger charge is -2.34. The fraction of sp³-hybridized carbons (Fsp3) is 0.273. The molecule has 3 aromatic rings. The molecule has 0 aromatic carbocycles. The summed E-state index contributed by atoms with van der Waals surface area (Å²) in [6.45, 7) is 2.79. The van der Waals surface area contributed by atoms with Crippen LogP contribution in [0.15, 0.2) is 61.0 Å². The SMILES string of the molecule is COc1ncccc1-c1cnn2ccc(N3CCN(C(=O)OC4=CCOC=C4)CC3)nc12. The average molecular weight is 434 g/mol. The van der Waals surface area contributed by atoms with Gasteiger partial charge in [0.15, 0.2) is 5.65 Å². The Morgan fingerprint density at radius 1 is 1.16 bits per heavy atom. The molecule has 5 rings (SSSR count). The molecule has 2 aliphatic rings. The number of methoxy groups -OCH3 is 1. The molecule has 10 heteroatoms. The molecular weight excluding hydrogens is 412 g/mol. The van der Waals surface area contributed by atoms with Crippen molar-refractivity contribution in [1.29, 1.82) is 0 Å². The van der Waals surface area contributed by atoms with Gasteiger partial charge in [0, 0.05) is 50.2 Å². The normalized spacial score (nSPS) is 16.0. The van der Waals surface area contributed by atoms with Gasteiger partial charge >= 0.3 is 6.09 Å². The van der Waals surface area contributed by atoms with Gasteiger partial charge in [-0.3, -0.25) is 0 Å². The molecular formula is C22H22N6O4. The molecule has 1 amide bonds. The summed E-state index contributed by atoms with van der Waals surface area (Å²) in [5.74, 6) is 1.86. The third-order valence-electron chi connectivity index (χ3n) is 5.39. The third kappa shape index (κ3) is 3.82. The van der Waals surface area contributed by atoms with Crippen LogP contribution >= 0.6 is 0 Å². The van der Waals surface area contributed by atoms with Crippen LogP contribution in [0.1, 0.15) is 0 Å². The highest BCUT2D eigenvalue weighted by atomic mass is 16.6. The van der Waals surface area contributed by atoms with Crippen molar-refractivity contribution in [3.8, 4) is 17.0 Å². The Balaban J connectivity index is 1.31. The first-order valence-corrected chi connectivity index (χ1v) is 10.3. The molecule has 1 fully saturated rings. The van der Waals surface area contributed by atoms with Gasteiger partial charge in [-0.05, 0) is 24.3 Å². The zero-order valence-corrected chi connectivity index (χ0v) is 17.5. The number of anilines is 1. The first-order chi connectivity index (χ1) is 15.7. The van der Waals surface area contributed by atoms with Crippen molar-refractivity contribution in [2.75, 3.05) is 44.8 Å². The molecule has 0 radical (unpaired) electrons. The van der Waals surface area contributed by atoms with Crippen LogP contribution in [0, 0.1) is 0 Å². The topological polar surface area (TPSA) is 94.3 Å². The highest BCUT2D eigenvalue weighted by Crippen LogP contribution is 2.31. The minimum Gasteiger partial charge on any atom is -0.497 e. The molecule has 0 saturated carbocycles. The van der Waals surface area contributed by atoms with Crippen molar-refractivity contribution in [2.24, 2.45) is 0 Å². The predicted octanol–water partition coefficient (Wildman–Crippen LogP) is 2.49. The van der Waals surface area contributed by atoms with Crippen LogP contribution in [-0.4, -0.2) is 70.5 Å². The van der Waals surface area contributed by atoms with Crippen LogP contribution in [0.2, 0.25) is 0 Å². The van der Waals surface area contributed by atoms with Gasteiger partial charge in [-0.2, -0.15) is 5.10 Å². The molecule has 0 bridgehead atoms. The van der Waals surface area contributed by atoms with Gasteiger partial charge in [0.05, 0.1) is 25.1 Å². The number of rotatable bonds is 4. The van der Waals surface area contributed by atoms with Crippen LogP contribution in [0.4, 0.5) is 10.6 Å². The van der Waals surface area contributed by atoms with E-state index in [0.29, 0.717) is 50.1 Å². The molecule has 2 aliphatic heterocycles. The van der Waals surface area contributed by atoms with Gasteiger partial charge in [0.1, 0.15) is 18.2 Å². The fourth-order valence-electron chi connectivity index (χ4n) is 3.71. The van der Waals surface area contributed by atoms with E-state index in [4.69, 9.17) is 19.2 Å². The Kier molecular flexibility index (Phi) is 5.32. The number of nitrogens with zero attached hydrogens (tertiary/aromatic N) is 6. The van der Waals surface area contributed by atoms with E-state index in [9.17, 15) is 4.79 Å². The molecule has 5 heterocycles. The first kappa shape index (κ1) is 19.9. The zero-order valence-electron chi connectivity index (χ0n) is 17.5. The van der Waals surface area contributed by atoms with Crippen LogP contribution in [0.25, 0.3) is 16.8 Å². The van der Waals surface area contributed by atoms with E-state index in [2.05, 4.69) is 15.0 Å². The maximum Gasteiger partial charge on any atom is 0.415 e. The number of amides is 1. The lowest BCUT2D eigenvalue weighted by molar-refractivity contribution is 0.126. The monoisotopic (exact) mass is 434 g/mol. The smallest absolute Gasteiger partial charge is 0.415 e. The van der Waals surface area contributed by atoms with E-state index in [1.807, 2.05) is 24.4 Å². The number of hydrogen-bond donors (Lipinski definition) is 0. The molecule has 10 nitrogen and oxygen atoms in total. The van der Waals surface area contributed by atoms with E-state index in [-0.39, 0.29) is 6.09 Å². The summed E-state index contributed by atoms with van der Waals surface area (Å²) in [7, 11) is 1.59. The van der Waals surface area contributed by atoms with Crippen LogP contribution in [-0.2, 0) is 9.47 Å². The number of pyridine rings is 1. The molecule has 164 valence electrons. The Hall–Kier alpha value is -4.08. The van der Waals surface area contributed by atoms with Crippen molar-refractivity contribution in [2.45, 2.75) is 0 Å². The third-order valence-corrected chi connectivity index (χ3v) is 5.39. The van der Waals surface area contributed by atoms with Crippen molar-refractivity contribution in [3.63, 3.8) is 0 Å². The number of piperazine rings is 1. The van der Waals surface area contributed by atoms with Crippen LogP contribution in [0.3, 0.4) is 0 Å². The minimum atomic E-state index is -0.354. The van der Waals surface area contributed by atoms with E-state index in [1.165, 1.54) is 6.26 Å². The molecule has 0 atom stereocenters. The summed E-state index contributed by atoms with van der Waals surface area (Å²) in [6.07, 6.45) is 9.87. The van der Waals surface area contributed by atoms with Gasteiger partial charge in [0.2, 0.25) is 5.88 Å². The molecule has 1 saturated heterocycles. The second-order valence-corrected chi connectivity index (χ2v) is 7.26. The predicted molar refractivity (Wildman–Crippen MR) is 116 cm³/mol. The molecule has 3 aromatic heterocycles.